The van der Waals surface area contributed by atoms with Crippen molar-refractivity contribution in [3.63, 3.8) is 0 Å². The number of allylic oxidation sites excluding steroid dienone is 8. The van der Waals surface area contributed by atoms with Crippen LogP contribution in [0.5, 0.6) is 0 Å². The van der Waals surface area contributed by atoms with Crippen molar-refractivity contribution in [3.05, 3.63) is 47.6 Å². The van der Waals surface area contributed by atoms with E-state index in [1.807, 2.05) is 0 Å². The van der Waals surface area contributed by atoms with Crippen molar-refractivity contribution in [1.82, 2.24) is 0 Å². The molecule has 0 aromatic carbocycles. The van der Waals surface area contributed by atoms with Crippen LogP contribution in [-0.2, 0) is 0 Å². The van der Waals surface area contributed by atoms with E-state index in [0.29, 0.717) is 0 Å². The van der Waals surface area contributed by atoms with E-state index in [4.69, 9.17) is 0 Å². The number of hydrogen-bond donors (Lipinski definition) is 0. The van der Waals surface area contributed by atoms with Gasteiger partial charge < -0.3 is 0 Å². The number of fused-ring (bicyclic) bond motifs is 1. The van der Waals surface area contributed by atoms with Crippen LogP contribution < -0.4 is 0 Å². The fourth-order valence-corrected chi connectivity index (χ4v) is 4.63. The van der Waals surface area contributed by atoms with Gasteiger partial charge in [0.1, 0.15) is 0 Å². The molecule has 0 saturated heterocycles. The summed E-state index contributed by atoms with van der Waals surface area (Å²) in [5.74, 6) is 0. The Morgan fingerprint density at radius 1 is 1.00 bits per heavy atom. The molecule has 0 aromatic rings. The zero-order chi connectivity index (χ0) is 16.8. The summed E-state index contributed by atoms with van der Waals surface area (Å²) in [4.78, 5) is 0. The molecule has 0 spiro atoms. The maximum atomic E-state index is 2.45. The summed E-state index contributed by atoms with van der Waals surface area (Å²) < 4.78 is 0. The van der Waals surface area contributed by atoms with E-state index in [2.05, 4.69) is 64.2 Å². The van der Waals surface area contributed by atoms with Gasteiger partial charge in [-0.15, -0.1) is 0 Å². The Bertz CT molecular complexity index is 492. The van der Waals surface area contributed by atoms with E-state index >= 15 is 0 Å². The molecular formula is C23H36. The van der Waals surface area contributed by atoms with Crippen molar-refractivity contribution < 1.29 is 0 Å². The fourth-order valence-electron chi connectivity index (χ4n) is 4.63. The first kappa shape index (κ1) is 18.3. The van der Waals surface area contributed by atoms with Crippen LogP contribution in [0.4, 0.5) is 0 Å². The molecule has 0 heterocycles. The third-order valence-corrected chi connectivity index (χ3v) is 6.17. The number of hydrogen-bond acceptors (Lipinski definition) is 0. The Morgan fingerprint density at radius 3 is 2.04 bits per heavy atom. The number of rotatable bonds is 3. The summed E-state index contributed by atoms with van der Waals surface area (Å²) in [6.07, 6.45) is 25.5. The lowest BCUT2D eigenvalue weighted by Gasteiger charge is -2.45. The first-order valence-corrected chi connectivity index (χ1v) is 9.75. The molecule has 5 rings (SSSR count). The van der Waals surface area contributed by atoms with Crippen LogP contribution >= 0.6 is 0 Å². The minimum atomic E-state index is 0.802. The first-order valence-electron chi connectivity index (χ1n) is 9.75. The zero-order valence-electron chi connectivity index (χ0n) is 15.8. The van der Waals surface area contributed by atoms with E-state index in [0.717, 1.165) is 17.3 Å². The van der Waals surface area contributed by atoms with E-state index in [1.54, 1.807) is 5.57 Å². The third-order valence-electron chi connectivity index (χ3n) is 6.17. The van der Waals surface area contributed by atoms with Gasteiger partial charge in [0.05, 0.1) is 0 Å². The molecule has 0 amide bonds. The van der Waals surface area contributed by atoms with E-state index in [9.17, 15) is 0 Å². The summed E-state index contributed by atoms with van der Waals surface area (Å²) in [5.41, 5.74) is 4.69. The van der Waals surface area contributed by atoms with Gasteiger partial charge in [-0.05, 0) is 62.2 Å². The topological polar surface area (TPSA) is 0 Å². The van der Waals surface area contributed by atoms with Gasteiger partial charge >= 0.3 is 0 Å². The van der Waals surface area contributed by atoms with Crippen LogP contribution in [0, 0.1) is 10.8 Å². The molecule has 0 unspecified atom stereocenters. The van der Waals surface area contributed by atoms with Gasteiger partial charge in [-0.2, -0.15) is 0 Å². The average molecular weight is 313 g/mol. The molecule has 128 valence electrons. The van der Waals surface area contributed by atoms with Crippen molar-refractivity contribution in [2.75, 3.05) is 0 Å². The predicted octanol–water partition coefficient (Wildman–Crippen LogP) is 7.54. The van der Waals surface area contributed by atoms with Crippen LogP contribution in [0.1, 0.15) is 85.5 Å². The molecule has 0 radical (unpaired) electrons. The lowest BCUT2D eigenvalue weighted by Crippen LogP contribution is -2.34. The Labute approximate surface area is 144 Å². The molecular weight excluding hydrogens is 276 g/mol. The van der Waals surface area contributed by atoms with E-state index < -0.39 is 0 Å². The Kier molecular flexibility index (Phi) is 6.50. The second-order valence-corrected chi connectivity index (χ2v) is 8.10. The molecule has 0 N–H and O–H groups in total. The van der Waals surface area contributed by atoms with E-state index in [-0.39, 0.29) is 0 Å². The summed E-state index contributed by atoms with van der Waals surface area (Å²) in [6, 6.07) is 0. The van der Waals surface area contributed by atoms with Gasteiger partial charge in [-0.3, -0.25) is 0 Å². The maximum Gasteiger partial charge on any atom is -0.0133 e. The summed E-state index contributed by atoms with van der Waals surface area (Å²) in [6.45, 7) is 9.18. The molecule has 0 atom stereocenters. The minimum Gasteiger partial charge on any atom is -0.0805 e. The van der Waals surface area contributed by atoms with Crippen LogP contribution in [0.25, 0.3) is 0 Å². The zero-order valence-corrected chi connectivity index (χ0v) is 15.8. The standard InChI is InChI=1S/C9H16.2C7H10/c1-3-9-5-4-8(2,6-9)7-9;2*1-2-7-5-3-4-6-7/h3-7H2,1-2H3;3,5-6H,2,4H2,1H3;3-5H,2,6H2,1H3. The van der Waals surface area contributed by atoms with Crippen molar-refractivity contribution in [2.24, 2.45) is 10.8 Å². The van der Waals surface area contributed by atoms with Crippen molar-refractivity contribution in [1.29, 1.82) is 0 Å². The monoisotopic (exact) mass is 312 g/mol. The van der Waals surface area contributed by atoms with E-state index in [1.165, 1.54) is 56.9 Å². The SMILES string of the molecule is CCC12CCC(C)(C1)C2.CCC1=CC=CC1.CCC1=CCC=C1. The quantitative estimate of drug-likeness (QED) is 0.505. The van der Waals surface area contributed by atoms with Crippen LogP contribution in [0.15, 0.2) is 47.6 Å². The molecule has 3 saturated carbocycles. The fraction of sp³-hybridized carbons (Fsp3) is 0.652. The highest BCUT2D eigenvalue weighted by molar-refractivity contribution is 5.25. The van der Waals surface area contributed by atoms with Gasteiger partial charge in [-0.25, -0.2) is 0 Å². The van der Waals surface area contributed by atoms with Gasteiger partial charge in [0.2, 0.25) is 0 Å². The van der Waals surface area contributed by atoms with Crippen LogP contribution in [-0.4, -0.2) is 0 Å². The Morgan fingerprint density at radius 2 is 1.78 bits per heavy atom. The molecule has 0 aliphatic heterocycles. The lowest BCUT2D eigenvalue weighted by molar-refractivity contribution is 0.0582. The molecule has 0 aromatic heterocycles. The van der Waals surface area contributed by atoms with Crippen LogP contribution in [0.2, 0.25) is 0 Å². The normalized spacial score (nSPS) is 32.3. The van der Waals surface area contributed by atoms with Crippen molar-refractivity contribution in [3.8, 4) is 0 Å². The molecule has 0 nitrogen and oxygen atoms in total. The van der Waals surface area contributed by atoms with Gasteiger partial charge in [-0.1, -0.05) is 81.7 Å². The van der Waals surface area contributed by atoms with Crippen molar-refractivity contribution in [2.45, 2.75) is 85.5 Å². The minimum absolute atomic E-state index is 0.802. The molecule has 5 aliphatic rings. The first-order chi connectivity index (χ1) is 11.0. The van der Waals surface area contributed by atoms with Crippen molar-refractivity contribution >= 4 is 0 Å². The molecule has 3 fully saturated rings. The largest absolute Gasteiger partial charge is 0.0805 e. The maximum absolute atomic E-state index is 2.45. The van der Waals surface area contributed by atoms with Gasteiger partial charge in [0, 0.05) is 0 Å². The Hall–Kier alpha value is -1.04. The highest BCUT2D eigenvalue weighted by Gasteiger charge is 2.56. The highest BCUT2D eigenvalue weighted by atomic mass is 14.6. The van der Waals surface area contributed by atoms with Gasteiger partial charge in [0.15, 0.2) is 0 Å². The molecule has 23 heavy (non-hydrogen) atoms. The summed E-state index contributed by atoms with van der Waals surface area (Å²) >= 11 is 0. The second-order valence-electron chi connectivity index (χ2n) is 8.10. The summed E-state index contributed by atoms with van der Waals surface area (Å²) in [5, 5.41) is 0. The van der Waals surface area contributed by atoms with Gasteiger partial charge in [0.25, 0.3) is 0 Å². The third kappa shape index (κ3) is 4.96. The average Bonchev–Trinajstić information content (AvgIpc) is 3.31. The molecule has 0 heteroatoms. The Balaban J connectivity index is 0.000000127. The predicted molar refractivity (Wildman–Crippen MR) is 104 cm³/mol. The smallest absolute Gasteiger partial charge is 0.0133 e. The second kappa shape index (κ2) is 8.18. The molecule has 2 bridgehead atoms. The highest BCUT2D eigenvalue weighted by Crippen LogP contribution is 2.68. The lowest BCUT2D eigenvalue weighted by atomic mass is 9.60. The summed E-state index contributed by atoms with van der Waals surface area (Å²) in [7, 11) is 0. The van der Waals surface area contributed by atoms with Crippen LogP contribution in [0.3, 0.4) is 0 Å². The molecule has 5 aliphatic carbocycles.